The maximum absolute atomic E-state index is 13.7. The lowest BCUT2D eigenvalue weighted by Gasteiger charge is -2.26. The fraction of sp³-hybridized carbons (Fsp3) is 0.0667. The van der Waals surface area contributed by atoms with Crippen LogP contribution in [-0.2, 0) is 9.59 Å². The molecule has 8 heteroatoms. The Kier molecular flexibility index (Phi) is 6.85. The first-order valence-corrected chi connectivity index (χ1v) is 12.0. The minimum Gasteiger partial charge on any atom is -0.507 e. The predicted octanol–water partition coefficient (Wildman–Crippen LogP) is 6.91. The van der Waals surface area contributed by atoms with Gasteiger partial charge in [-0.15, -0.1) is 0 Å². The number of amides is 1. The zero-order chi connectivity index (χ0) is 26.8. The molecule has 4 aromatic rings. The van der Waals surface area contributed by atoms with Crippen LogP contribution in [0.3, 0.4) is 0 Å². The van der Waals surface area contributed by atoms with Gasteiger partial charge in [0.05, 0.1) is 23.7 Å². The van der Waals surface area contributed by atoms with Crippen LogP contribution in [-0.4, -0.2) is 23.9 Å². The zero-order valence-electron chi connectivity index (χ0n) is 20.1. The molecule has 1 heterocycles. The normalized spacial score (nSPS) is 16.5. The van der Waals surface area contributed by atoms with Crippen molar-refractivity contribution in [1.82, 2.24) is 0 Å². The highest BCUT2D eigenvalue weighted by Gasteiger charge is 2.47. The Morgan fingerprint density at radius 3 is 2.32 bits per heavy atom. The van der Waals surface area contributed by atoms with Crippen LogP contribution in [0.1, 0.15) is 17.2 Å². The summed E-state index contributed by atoms with van der Waals surface area (Å²) >= 11 is 6.14. The molecule has 0 spiro atoms. The Labute approximate surface area is 223 Å². The number of nitrogens with zero attached hydrogens (tertiary/aromatic N) is 1. The number of para-hydroxylation sites is 1. The number of methoxy groups -OCH3 is 1. The number of hydrogen-bond donors (Lipinski definition) is 1. The smallest absolute Gasteiger partial charge is 0.300 e. The Balaban J connectivity index is 1.67. The second-order valence-corrected chi connectivity index (χ2v) is 8.89. The molecule has 0 aliphatic carbocycles. The van der Waals surface area contributed by atoms with Crippen molar-refractivity contribution in [2.75, 3.05) is 12.0 Å². The number of benzene rings is 4. The first kappa shape index (κ1) is 25.0. The van der Waals surface area contributed by atoms with E-state index in [0.717, 1.165) is 0 Å². The van der Waals surface area contributed by atoms with Gasteiger partial charge in [-0.2, -0.15) is 0 Å². The number of carbonyl (C=O) groups is 2. The number of aliphatic hydroxyl groups is 1. The monoisotopic (exact) mass is 529 g/mol. The molecule has 1 N–H and O–H groups in total. The zero-order valence-corrected chi connectivity index (χ0v) is 20.9. The third-order valence-corrected chi connectivity index (χ3v) is 6.44. The lowest BCUT2D eigenvalue weighted by atomic mass is 9.95. The maximum Gasteiger partial charge on any atom is 0.300 e. The molecule has 0 radical (unpaired) electrons. The van der Waals surface area contributed by atoms with Gasteiger partial charge in [-0.05, 0) is 72.3 Å². The van der Waals surface area contributed by atoms with Crippen molar-refractivity contribution in [1.29, 1.82) is 0 Å². The molecule has 1 fully saturated rings. The van der Waals surface area contributed by atoms with Crippen LogP contribution in [0.2, 0.25) is 5.02 Å². The van der Waals surface area contributed by atoms with Crippen molar-refractivity contribution < 1.29 is 28.6 Å². The minimum absolute atomic E-state index is 0.138. The summed E-state index contributed by atoms with van der Waals surface area (Å²) in [5, 5.41) is 11.7. The molecular formula is C30H21ClFNO5. The van der Waals surface area contributed by atoms with Gasteiger partial charge in [0.25, 0.3) is 11.7 Å². The summed E-state index contributed by atoms with van der Waals surface area (Å²) in [6.07, 6.45) is 0. The molecule has 6 nitrogen and oxygen atoms in total. The van der Waals surface area contributed by atoms with E-state index < -0.39 is 29.3 Å². The molecule has 0 saturated carbocycles. The lowest BCUT2D eigenvalue weighted by Crippen LogP contribution is -2.29. The van der Waals surface area contributed by atoms with Gasteiger partial charge in [-0.3, -0.25) is 14.5 Å². The van der Waals surface area contributed by atoms with Gasteiger partial charge >= 0.3 is 0 Å². The van der Waals surface area contributed by atoms with E-state index >= 15 is 0 Å². The maximum atomic E-state index is 13.7. The Morgan fingerprint density at radius 2 is 1.61 bits per heavy atom. The Hall–Kier alpha value is -4.62. The fourth-order valence-corrected chi connectivity index (χ4v) is 4.55. The number of Topliss-reactive ketones (excluding diaryl/α,β-unsaturated/α-hetero) is 1. The van der Waals surface area contributed by atoms with E-state index in [-0.39, 0.29) is 11.1 Å². The molecule has 38 heavy (non-hydrogen) atoms. The summed E-state index contributed by atoms with van der Waals surface area (Å²) in [4.78, 5) is 28.0. The van der Waals surface area contributed by atoms with Crippen LogP contribution in [0.4, 0.5) is 10.1 Å². The molecule has 4 aromatic carbocycles. The average molecular weight is 530 g/mol. The number of halogens is 2. The Bertz CT molecular complexity index is 1550. The van der Waals surface area contributed by atoms with Crippen LogP contribution < -0.4 is 14.4 Å². The summed E-state index contributed by atoms with van der Waals surface area (Å²) in [6.45, 7) is 0. The van der Waals surface area contributed by atoms with Gasteiger partial charge in [-0.25, -0.2) is 4.39 Å². The van der Waals surface area contributed by atoms with Gasteiger partial charge in [0.1, 0.15) is 28.8 Å². The molecular weight excluding hydrogens is 509 g/mol. The highest BCUT2D eigenvalue weighted by Crippen LogP contribution is 2.43. The number of hydrogen-bond acceptors (Lipinski definition) is 5. The van der Waals surface area contributed by atoms with Crippen LogP contribution in [0.5, 0.6) is 17.2 Å². The molecule has 1 amide bonds. The van der Waals surface area contributed by atoms with E-state index in [1.54, 1.807) is 36.4 Å². The first-order chi connectivity index (χ1) is 18.4. The van der Waals surface area contributed by atoms with E-state index in [1.165, 1.54) is 54.5 Å². The quantitative estimate of drug-likeness (QED) is 0.167. The van der Waals surface area contributed by atoms with Crippen molar-refractivity contribution >= 4 is 34.7 Å². The van der Waals surface area contributed by atoms with E-state index in [0.29, 0.717) is 33.5 Å². The van der Waals surface area contributed by atoms with Crippen molar-refractivity contribution in [3.63, 3.8) is 0 Å². The number of anilines is 1. The van der Waals surface area contributed by atoms with Gasteiger partial charge in [-0.1, -0.05) is 41.9 Å². The van der Waals surface area contributed by atoms with E-state index in [4.69, 9.17) is 21.1 Å². The van der Waals surface area contributed by atoms with Crippen molar-refractivity contribution in [3.8, 4) is 17.2 Å². The topological polar surface area (TPSA) is 76.1 Å². The minimum atomic E-state index is -1.03. The molecule has 190 valence electrons. The second-order valence-electron chi connectivity index (χ2n) is 8.48. The number of rotatable bonds is 6. The SMILES string of the molecule is COc1cc(/C(O)=C2/C(=O)C(=O)N(c3ccc(F)cc3)C2c2cccc(Oc3ccccc3)c2)ccc1Cl. The third kappa shape index (κ3) is 4.71. The van der Waals surface area contributed by atoms with Crippen LogP contribution >= 0.6 is 11.6 Å². The molecule has 1 aliphatic rings. The molecule has 0 aromatic heterocycles. The van der Waals surface area contributed by atoms with Crippen molar-refractivity contribution in [2.24, 2.45) is 0 Å². The second kappa shape index (κ2) is 10.4. The molecule has 1 aliphatic heterocycles. The van der Waals surface area contributed by atoms with Crippen LogP contribution in [0, 0.1) is 5.82 Å². The van der Waals surface area contributed by atoms with Crippen LogP contribution in [0.15, 0.2) is 103 Å². The summed E-state index contributed by atoms with van der Waals surface area (Å²) < 4.78 is 24.9. The number of carbonyl (C=O) groups excluding carboxylic acids is 2. The molecule has 1 unspecified atom stereocenters. The molecule has 0 bridgehead atoms. The summed E-state index contributed by atoms with van der Waals surface area (Å²) in [7, 11) is 1.43. The standard InChI is InChI=1S/C30H21ClFNO5/c1-37-25-17-19(10-15-24(25)31)28(34)26-27(33(30(36)29(26)35)21-13-11-20(32)12-14-21)18-6-5-9-23(16-18)38-22-7-3-2-4-8-22/h2-17,27,34H,1H3/b28-26-. The molecule has 5 rings (SSSR count). The van der Waals surface area contributed by atoms with E-state index in [9.17, 15) is 19.1 Å². The van der Waals surface area contributed by atoms with E-state index in [1.807, 2.05) is 18.2 Å². The lowest BCUT2D eigenvalue weighted by molar-refractivity contribution is -0.132. The predicted molar refractivity (Wildman–Crippen MR) is 142 cm³/mol. The van der Waals surface area contributed by atoms with Gasteiger partial charge < -0.3 is 14.6 Å². The summed E-state index contributed by atoms with van der Waals surface area (Å²) in [6, 6.07) is 24.7. The molecule has 1 saturated heterocycles. The van der Waals surface area contributed by atoms with Crippen LogP contribution in [0.25, 0.3) is 5.76 Å². The van der Waals surface area contributed by atoms with Gasteiger partial charge in [0.2, 0.25) is 0 Å². The van der Waals surface area contributed by atoms with Crippen molar-refractivity contribution in [2.45, 2.75) is 6.04 Å². The third-order valence-electron chi connectivity index (χ3n) is 6.13. The first-order valence-electron chi connectivity index (χ1n) is 11.6. The number of ether oxygens (including phenoxy) is 2. The molecule has 1 atom stereocenters. The summed E-state index contributed by atoms with van der Waals surface area (Å²) in [5.74, 6) is -1.29. The fourth-order valence-electron chi connectivity index (χ4n) is 4.35. The van der Waals surface area contributed by atoms with Gasteiger partial charge in [0, 0.05) is 11.3 Å². The van der Waals surface area contributed by atoms with Gasteiger partial charge in [0.15, 0.2) is 0 Å². The number of aliphatic hydroxyl groups excluding tert-OH is 1. The highest BCUT2D eigenvalue weighted by atomic mass is 35.5. The summed E-state index contributed by atoms with van der Waals surface area (Å²) in [5.41, 5.74) is 0.899. The largest absolute Gasteiger partial charge is 0.507 e. The Morgan fingerprint density at radius 1 is 0.895 bits per heavy atom. The average Bonchev–Trinajstić information content (AvgIpc) is 3.20. The number of ketones is 1. The van der Waals surface area contributed by atoms with Crippen molar-refractivity contribution in [3.05, 3.63) is 125 Å². The van der Waals surface area contributed by atoms with E-state index in [2.05, 4.69) is 0 Å². The highest BCUT2D eigenvalue weighted by molar-refractivity contribution is 6.51.